The van der Waals surface area contributed by atoms with Crippen LogP contribution in [0.3, 0.4) is 0 Å². The lowest BCUT2D eigenvalue weighted by Crippen LogP contribution is -2.29. The fourth-order valence-electron chi connectivity index (χ4n) is 3.27. The van der Waals surface area contributed by atoms with Crippen LogP contribution in [0.2, 0.25) is 0 Å². The first-order valence-corrected chi connectivity index (χ1v) is 9.52. The summed E-state index contributed by atoms with van der Waals surface area (Å²) < 4.78 is 2.11. The van der Waals surface area contributed by atoms with Gasteiger partial charge in [0, 0.05) is 37.9 Å². The van der Waals surface area contributed by atoms with Crippen molar-refractivity contribution in [3.63, 3.8) is 0 Å². The van der Waals surface area contributed by atoms with Gasteiger partial charge in [0.15, 0.2) is 10.6 Å². The van der Waals surface area contributed by atoms with Crippen molar-refractivity contribution < 1.29 is 4.79 Å². The average Bonchev–Trinajstić information content (AvgIpc) is 2.92. The van der Waals surface area contributed by atoms with Gasteiger partial charge in [-0.15, -0.1) is 12.4 Å². The van der Waals surface area contributed by atoms with E-state index in [4.69, 9.17) is 4.99 Å². The number of aromatic nitrogens is 1. The minimum atomic E-state index is 0. The van der Waals surface area contributed by atoms with E-state index in [1.807, 2.05) is 6.92 Å². The topological polar surface area (TPSA) is 37.6 Å². The second kappa shape index (κ2) is 8.68. The van der Waals surface area contributed by atoms with Gasteiger partial charge in [-0.05, 0) is 57.4 Å². The van der Waals surface area contributed by atoms with Crippen LogP contribution in [-0.2, 0) is 6.54 Å². The summed E-state index contributed by atoms with van der Waals surface area (Å²) in [5, 5.41) is 0. The molecule has 3 rings (SSSR count). The number of thiazole rings is 1. The SMILES string of the molecule is CCn1c(C)c(C(C)=O)s/c1=N\c1ccc(N2CCCCC2)cc1.Cl. The Morgan fingerprint density at radius 2 is 1.80 bits per heavy atom. The van der Waals surface area contributed by atoms with Crippen LogP contribution >= 0.6 is 23.7 Å². The normalized spacial score (nSPS) is 15.2. The number of benzene rings is 1. The first-order valence-electron chi connectivity index (χ1n) is 8.71. The minimum Gasteiger partial charge on any atom is -0.372 e. The molecule has 4 nitrogen and oxygen atoms in total. The summed E-state index contributed by atoms with van der Waals surface area (Å²) in [5.41, 5.74) is 3.23. The zero-order valence-electron chi connectivity index (χ0n) is 15.1. The van der Waals surface area contributed by atoms with E-state index in [9.17, 15) is 4.79 Å². The highest BCUT2D eigenvalue weighted by molar-refractivity contribution is 7.11. The van der Waals surface area contributed by atoms with Crippen LogP contribution in [0.1, 0.15) is 48.5 Å². The van der Waals surface area contributed by atoms with Crippen LogP contribution in [0.4, 0.5) is 11.4 Å². The smallest absolute Gasteiger partial charge is 0.190 e. The molecule has 1 fully saturated rings. The molecule has 0 unspecified atom stereocenters. The molecule has 2 aromatic rings. The number of Topliss-reactive ketones (excluding diaryl/α,β-unsaturated/α-hetero) is 1. The molecule has 6 heteroatoms. The molecular formula is C19H26ClN3OS. The molecule has 0 N–H and O–H groups in total. The Morgan fingerprint density at radius 3 is 2.36 bits per heavy atom. The Hall–Kier alpha value is -1.59. The number of anilines is 1. The number of piperidine rings is 1. The third-order valence-corrected chi connectivity index (χ3v) is 5.87. The number of halogens is 1. The molecule has 1 aliphatic rings. The Balaban J connectivity index is 0.00000225. The van der Waals surface area contributed by atoms with Gasteiger partial charge in [0.2, 0.25) is 0 Å². The molecule has 0 atom stereocenters. The van der Waals surface area contributed by atoms with Crippen molar-refractivity contribution in [3.8, 4) is 0 Å². The maximum Gasteiger partial charge on any atom is 0.190 e. The Morgan fingerprint density at radius 1 is 1.16 bits per heavy atom. The zero-order valence-corrected chi connectivity index (χ0v) is 16.8. The number of carbonyl (C=O) groups excluding carboxylic acids is 1. The van der Waals surface area contributed by atoms with E-state index < -0.39 is 0 Å². The lowest BCUT2D eigenvalue weighted by Gasteiger charge is -2.28. The van der Waals surface area contributed by atoms with Gasteiger partial charge in [-0.1, -0.05) is 11.3 Å². The van der Waals surface area contributed by atoms with Gasteiger partial charge in [0.05, 0.1) is 10.6 Å². The Kier molecular flexibility index (Phi) is 6.85. The van der Waals surface area contributed by atoms with Crippen molar-refractivity contribution >= 4 is 40.9 Å². The molecule has 1 aromatic carbocycles. The number of hydrogen-bond donors (Lipinski definition) is 0. The van der Waals surface area contributed by atoms with Gasteiger partial charge in [-0.2, -0.15) is 0 Å². The van der Waals surface area contributed by atoms with E-state index in [2.05, 4.69) is 40.7 Å². The summed E-state index contributed by atoms with van der Waals surface area (Å²) in [6, 6.07) is 8.47. The zero-order chi connectivity index (χ0) is 17.1. The molecule has 2 heterocycles. The van der Waals surface area contributed by atoms with Crippen molar-refractivity contribution in [1.29, 1.82) is 0 Å². The monoisotopic (exact) mass is 379 g/mol. The van der Waals surface area contributed by atoms with E-state index in [1.165, 1.54) is 36.3 Å². The standard InChI is InChI=1S/C19H25N3OS.ClH/c1-4-22-14(2)18(15(3)23)24-19(22)20-16-8-10-17(11-9-16)21-12-6-5-7-13-21;/h8-11H,4-7,12-13H2,1-3H3;1H/b20-19-;. The molecule has 0 saturated carbocycles. The van der Waals surface area contributed by atoms with Gasteiger partial charge in [-0.25, -0.2) is 4.99 Å². The number of carbonyl (C=O) groups is 1. The molecule has 1 aromatic heterocycles. The third kappa shape index (κ3) is 4.33. The summed E-state index contributed by atoms with van der Waals surface area (Å²) >= 11 is 1.48. The van der Waals surface area contributed by atoms with Crippen LogP contribution in [-0.4, -0.2) is 23.4 Å². The second-order valence-electron chi connectivity index (χ2n) is 6.28. The van der Waals surface area contributed by atoms with Crippen molar-refractivity contribution in [2.24, 2.45) is 4.99 Å². The minimum absolute atomic E-state index is 0. The lowest BCUT2D eigenvalue weighted by atomic mass is 10.1. The van der Waals surface area contributed by atoms with E-state index in [0.717, 1.165) is 40.7 Å². The number of ketones is 1. The van der Waals surface area contributed by atoms with E-state index in [0.29, 0.717) is 0 Å². The lowest BCUT2D eigenvalue weighted by molar-refractivity contribution is 0.102. The predicted octanol–water partition coefficient (Wildman–Crippen LogP) is 4.73. The molecule has 0 amide bonds. The fraction of sp³-hybridized carbons (Fsp3) is 0.474. The van der Waals surface area contributed by atoms with Crippen LogP contribution < -0.4 is 9.70 Å². The molecule has 0 spiro atoms. The van der Waals surface area contributed by atoms with Gasteiger partial charge >= 0.3 is 0 Å². The molecule has 25 heavy (non-hydrogen) atoms. The summed E-state index contributed by atoms with van der Waals surface area (Å²) in [6.45, 7) is 8.82. The number of hydrogen-bond acceptors (Lipinski definition) is 4. The van der Waals surface area contributed by atoms with Gasteiger partial charge < -0.3 is 9.47 Å². The summed E-state index contributed by atoms with van der Waals surface area (Å²) in [6.07, 6.45) is 3.91. The first kappa shape index (κ1) is 19.7. The van der Waals surface area contributed by atoms with Crippen LogP contribution in [0.5, 0.6) is 0 Å². The van der Waals surface area contributed by atoms with Gasteiger partial charge in [0.25, 0.3) is 0 Å². The highest BCUT2D eigenvalue weighted by atomic mass is 35.5. The summed E-state index contributed by atoms with van der Waals surface area (Å²) in [4.78, 5) is 20.7. The van der Waals surface area contributed by atoms with E-state index in [1.54, 1.807) is 6.92 Å². The van der Waals surface area contributed by atoms with Crippen LogP contribution in [0.15, 0.2) is 29.3 Å². The van der Waals surface area contributed by atoms with Gasteiger partial charge in [-0.3, -0.25) is 4.79 Å². The third-order valence-electron chi connectivity index (χ3n) is 4.59. The Bertz CT molecular complexity index is 786. The van der Waals surface area contributed by atoms with Crippen molar-refractivity contribution in [3.05, 3.63) is 39.6 Å². The summed E-state index contributed by atoms with van der Waals surface area (Å²) in [5.74, 6) is 0.113. The second-order valence-corrected chi connectivity index (χ2v) is 7.25. The first-order chi connectivity index (χ1) is 11.6. The maximum atomic E-state index is 11.8. The van der Waals surface area contributed by atoms with Crippen molar-refractivity contribution in [1.82, 2.24) is 4.57 Å². The van der Waals surface area contributed by atoms with Gasteiger partial charge in [0.1, 0.15) is 0 Å². The highest BCUT2D eigenvalue weighted by Crippen LogP contribution is 2.23. The van der Waals surface area contributed by atoms with E-state index in [-0.39, 0.29) is 18.2 Å². The largest absolute Gasteiger partial charge is 0.372 e. The number of rotatable bonds is 4. The van der Waals surface area contributed by atoms with Crippen LogP contribution in [0.25, 0.3) is 0 Å². The predicted molar refractivity (Wildman–Crippen MR) is 108 cm³/mol. The molecule has 1 saturated heterocycles. The maximum absolute atomic E-state index is 11.8. The fourth-order valence-corrected chi connectivity index (χ4v) is 4.38. The molecule has 0 bridgehead atoms. The van der Waals surface area contributed by atoms with Crippen molar-refractivity contribution in [2.75, 3.05) is 18.0 Å². The van der Waals surface area contributed by atoms with Crippen molar-refractivity contribution in [2.45, 2.75) is 46.6 Å². The molecule has 0 radical (unpaired) electrons. The molecular weight excluding hydrogens is 354 g/mol. The molecule has 0 aliphatic carbocycles. The average molecular weight is 380 g/mol. The molecule has 1 aliphatic heterocycles. The number of nitrogens with zero attached hydrogens (tertiary/aromatic N) is 3. The summed E-state index contributed by atoms with van der Waals surface area (Å²) in [7, 11) is 0. The quantitative estimate of drug-likeness (QED) is 0.720. The van der Waals surface area contributed by atoms with Crippen LogP contribution in [0, 0.1) is 6.92 Å². The Labute approximate surface area is 159 Å². The highest BCUT2D eigenvalue weighted by Gasteiger charge is 2.13. The molecule has 136 valence electrons. The van der Waals surface area contributed by atoms with E-state index >= 15 is 0 Å².